The van der Waals surface area contributed by atoms with Crippen LogP contribution in [-0.4, -0.2) is 68.0 Å². The van der Waals surface area contributed by atoms with E-state index in [1.54, 1.807) is 25.9 Å². The largest absolute Gasteiger partial charge is 0.495 e. The quantitative estimate of drug-likeness (QED) is 0.311. The molecule has 152 valence electrons. The van der Waals surface area contributed by atoms with E-state index in [4.69, 9.17) is 16.3 Å². The van der Waals surface area contributed by atoms with Gasteiger partial charge >= 0.3 is 0 Å². The lowest BCUT2D eigenvalue weighted by atomic mass is 10.0. The van der Waals surface area contributed by atoms with Gasteiger partial charge in [-0.25, -0.2) is 0 Å². The summed E-state index contributed by atoms with van der Waals surface area (Å²) in [4.78, 5) is 6.58. The number of anilines is 1. The second-order valence-electron chi connectivity index (χ2n) is 6.84. The number of ether oxygens (including phenoxy) is 1. The van der Waals surface area contributed by atoms with Crippen molar-refractivity contribution in [3.05, 3.63) is 23.2 Å². The third kappa shape index (κ3) is 5.95. The van der Waals surface area contributed by atoms with Gasteiger partial charge in [0, 0.05) is 43.5 Å². The number of benzene rings is 1. The standard InChI is InChI=1S/C18H27ClN4O2S.HI/c1-20-17(21-11-18(24)6-8-26-12-18)22-14-5-7-23(10-14)15-9-13(19)3-4-16(15)25-2;/h3-4,9,14,24H,5-8,10-12H2,1-2H3,(H2,20,21,22);1H. The molecule has 3 rings (SSSR count). The maximum absolute atomic E-state index is 10.5. The van der Waals surface area contributed by atoms with Crippen LogP contribution in [0.25, 0.3) is 0 Å². The lowest BCUT2D eigenvalue weighted by molar-refractivity contribution is 0.0724. The maximum Gasteiger partial charge on any atom is 0.191 e. The van der Waals surface area contributed by atoms with E-state index in [0.29, 0.717) is 11.6 Å². The van der Waals surface area contributed by atoms with E-state index >= 15 is 0 Å². The van der Waals surface area contributed by atoms with Gasteiger partial charge in [0.1, 0.15) is 5.75 Å². The van der Waals surface area contributed by atoms with Crippen molar-refractivity contribution < 1.29 is 9.84 Å². The molecule has 6 nitrogen and oxygen atoms in total. The number of methoxy groups -OCH3 is 1. The number of rotatable bonds is 5. The van der Waals surface area contributed by atoms with Crippen LogP contribution in [0, 0.1) is 0 Å². The fourth-order valence-electron chi connectivity index (χ4n) is 3.38. The molecule has 0 spiro atoms. The van der Waals surface area contributed by atoms with Crippen LogP contribution >= 0.6 is 47.3 Å². The van der Waals surface area contributed by atoms with Crippen molar-refractivity contribution in [3.63, 3.8) is 0 Å². The zero-order chi connectivity index (χ0) is 18.6. The molecule has 0 amide bonds. The first-order valence-electron chi connectivity index (χ1n) is 8.89. The number of guanidine groups is 1. The van der Waals surface area contributed by atoms with E-state index < -0.39 is 5.60 Å². The number of thioether (sulfide) groups is 1. The summed E-state index contributed by atoms with van der Waals surface area (Å²) in [5, 5.41) is 17.9. The van der Waals surface area contributed by atoms with E-state index in [1.165, 1.54) is 0 Å². The van der Waals surface area contributed by atoms with Crippen LogP contribution in [0.3, 0.4) is 0 Å². The Kier molecular flexibility index (Phi) is 8.64. The molecule has 0 saturated carbocycles. The van der Waals surface area contributed by atoms with E-state index in [0.717, 1.165) is 54.8 Å². The molecule has 2 atom stereocenters. The molecule has 2 aliphatic rings. The highest BCUT2D eigenvalue weighted by molar-refractivity contribution is 14.0. The summed E-state index contributed by atoms with van der Waals surface area (Å²) in [5.41, 5.74) is 0.391. The van der Waals surface area contributed by atoms with Crippen LogP contribution in [0.5, 0.6) is 5.75 Å². The molecular formula is C18H28ClIN4O2S. The highest BCUT2D eigenvalue weighted by atomic mass is 127. The Morgan fingerprint density at radius 3 is 3.00 bits per heavy atom. The second-order valence-corrected chi connectivity index (χ2v) is 8.39. The van der Waals surface area contributed by atoms with Gasteiger partial charge in [-0.2, -0.15) is 11.8 Å². The van der Waals surface area contributed by atoms with Crippen LogP contribution in [0.4, 0.5) is 5.69 Å². The Balaban J connectivity index is 0.00000261. The monoisotopic (exact) mass is 526 g/mol. The van der Waals surface area contributed by atoms with Crippen LogP contribution in [0.15, 0.2) is 23.2 Å². The predicted molar refractivity (Wildman–Crippen MR) is 125 cm³/mol. The summed E-state index contributed by atoms with van der Waals surface area (Å²) >= 11 is 7.96. The number of hydrogen-bond donors (Lipinski definition) is 3. The molecule has 0 aliphatic carbocycles. The van der Waals surface area contributed by atoms with Gasteiger partial charge in [0.25, 0.3) is 0 Å². The van der Waals surface area contributed by atoms with Gasteiger partial charge in [0.15, 0.2) is 5.96 Å². The lowest BCUT2D eigenvalue weighted by Crippen LogP contribution is -2.50. The highest BCUT2D eigenvalue weighted by Gasteiger charge is 2.32. The van der Waals surface area contributed by atoms with Gasteiger partial charge < -0.3 is 25.4 Å². The molecular weight excluding hydrogens is 499 g/mol. The molecule has 1 aromatic rings. The fraction of sp³-hybridized carbons (Fsp3) is 0.611. The Morgan fingerprint density at radius 2 is 2.33 bits per heavy atom. The molecule has 0 radical (unpaired) electrons. The topological polar surface area (TPSA) is 69.1 Å². The minimum Gasteiger partial charge on any atom is -0.495 e. The van der Waals surface area contributed by atoms with Crippen molar-refractivity contribution >= 4 is 59.0 Å². The van der Waals surface area contributed by atoms with E-state index in [1.807, 2.05) is 18.2 Å². The molecule has 9 heteroatoms. The number of hydrogen-bond acceptors (Lipinski definition) is 5. The normalized spacial score (nSPS) is 25.3. The van der Waals surface area contributed by atoms with E-state index in [9.17, 15) is 5.11 Å². The van der Waals surface area contributed by atoms with Crippen molar-refractivity contribution in [2.75, 3.05) is 50.2 Å². The minimum absolute atomic E-state index is 0. The van der Waals surface area contributed by atoms with Gasteiger partial charge in [-0.3, -0.25) is 4.99 Å². The average molecular weight is 527 g/mol. The molecule has 2 unspecified atom stereocenters. The first-order chi connectivity index (χ1) is 12.5. The van der Waals surface area contributed by atoms with Gasteiger partial charge in [-0.05, 0) is 36.8 Å². The zero-order valence-electron chi connectivity index (χ0n) is 15.7. The van der Waals surface area contributed by atoms with Crippen LogP contribution < -0.4 is 20.3 Å². The maximum atomic E-state index is 10.5. The molecule has 1 aromatic carbocycles. The van der Waals surface area contributed by atoms with Crippen molar-refractivity contribution in [3.8, 4) is 5.75 Å². The first kappa shape index (κ1) is 22.7. The van der Waals surface area contributed by atoms with Crippen molar-refractivity contribution in [1.29, 1.82) is 0 Å². The summed E-state index contributed by atoms with van der Waals surface area (Å²) in [6.07, 6.45) is 1.82. The van der Waals surface area contributed by atoms with Crippen molar-refractivity contribution in [1.82, 2.24) is 10.6 Å². The fourth-order valence-corrected chi connectivity index (χ4v) is 4.84. The number of nitrogens with one attached hydrogen (secondary N) is 2. The van der Waals surface area contributed by atoms with Crippen LogP contribution in [0.2, 0.25) is 5.02 Å². The van der Waals surface area contributed by atoms with E-state index in [2.05, 4.69) is 20.5 Å². The summed E-state index contributed by atoms with van der Waals surface area (Å²) in [5.74, 6) is 3.37. The smallest absolute Gasteiger partial charge is 0.191 e. The Labute approximate surface area is 187 Å². The van der Waals surface area contributed by atoms with Gasteiger partial charge in [-0.15, -0.1) is 24.0 Å². The predicted octanol–water partition coefficient (Wildman–Crippen LogP) is 2.58. The molecule has 27 heavy (non-hydrogen) atoms. The van der Waals surface area contributed by atoms with Gasteiger partial charge in [-0.1, -0.05) is 11.6 Å². The average Bonchev–Trinajstić information content (AvgIpc) is 3.28. The Morgan fingerprint density at radius 1 is 1.52 bits per heavy atom. The third-order valence-electron chi connectivity index (χ3n) is 4.90. The Hall–Kier alpha value is -0.580. The Bertz CT molecular complexity index is 658. The summed E-state index contributed by atoms with van der Waals surface area (Å²) in [6, 6.07) is 5.97. The van der Waals surface area contributed by atoms with Crippen LogP contribution in [0.1, 0.15) is 12.8 Å². The van der Waals surface area contributed by atoms with Crippen molar-refractivity contribution in [2.24, 2.45) is 4.99 Å². The minimum atomic E-state index is -0.627. The second kappa shape index (κ2) is 10.3. The summed E-state index contributed by atoms with van der Waals surface area (Å²) < 4.78 is 5.47. The highest BCUT2D eigenvalue weighted by Crippen LogP contribution is 2.33. The zero-order valence-corrected chi connectivity index (χ0v) is 19.6. The molecule has 2 saturated heterocycles. The molecule has 0 aromatic heterocycles. The lowest BCUT2D eigenvalue weighted by Gasteiger charge is -2.25. The number of nitrogens with zero attached hydrogens (tertiary/aromatic N) is 2. The molecule has 0 bridgehead atoms. The van der Waals surface area contributed by atoms with Gasteiger partial charge in [0.05, 0.1) is 18.4 Å². The number of aliphatic hydroxyl groups is 1. The molecule has 2 fully saturated rings. The molecule has 2 aliphatic heterocycles. The third-order valence-corrected chi connectivity index (χ3v) is 6.37. The van der Waals surface area contributed by atoms with E-state index in [-0.39, 0.29) is 30.0 Å². The van der Waals surface area contributed by atoms with Crippen LogP contribution in [-0.2, 0) is 0 Å². The number of halogens is 2. The SMILES string of the molecule is CN=C(NCC1(O)CCSC1)NC1CCN(c2cc(Cl)ccc2OC)C1.I. The van der Waals surface area contributed by atoms with Crippen molar-refractivity contribution in [2.45, 2.75) is 24.5 Å². The summed E-state index contributed by atoms with van der Waals surface area (Å²) in [7, 11) is 3.44. The van der Waals surface area contributed by atoms with Gasteiger partial charge in [0.2, 0.25) is 0 Å². The first-order valence-corrected chi connectivity index (χ1v) is 10.4. The molecule has 3 N–H and O–H groups in total. The molecule has 2 heterocycles. The summed E-state index contributed by atoms with van der Waals surface area (Å²) in [6.45, 7) is 2.29. The number of aliphatic imine (C=N–C) groups is 1.